The minimum Gasteiger partial charge on any atom is -0.248 e. The molecule has 0 radical (unpaired) electrons. The van der Waals surface area contributed by atoms with Crippen molar-refractivity contribution in [3.05, 3.63) is 241 Å². The van der Waals surface area contributed by atoms with Crippen LogP contribution in [0.25, 0.3) is 132 Å². The largest absolute Gasteiger partial charge is 0.248 e. The molecule has 0 amide bonds. The number of hydrogen-bond acceptors (Lipinski definition) is 2. The van der Waals surface area contributed by atoms with Gasteiger partial charge in [0.1, 0.15) is 0 Å². The molecule has 0 bridgehead atoms. The molecule has 0 atom stereocenters. The summed E-state index contributed by atoms with van der Waals surface area (Å²) in [5.74, 6) is 0. The highest BCUT2D eigenvalue weighted by atomic mass is 14.9. The fraction of sp³-hybridized carbons (Fsp3) is 0.0857. The van der Waals surface area contributed by atoms with Crippen LogP contribution < -0.4 is 0 Å². The van der Waals surface area contributed by atoms with Gasteiger partial charge in [-0.3, -0.25) is 0 Å². The van der Waals surface area contributed by atoms with Gasteiger partial charge in [-0.1, -0.05) is 210 Å². The van der Waals surface area contributed by atoms with Crippen molar-refractivity contribution in [2.24, 2.45) is 0 Å². The molecule has 12 aromatic carbocycles. The monoisotopic (exact) mass is 916 g/mol. The molecule has 13 aromatic rings. The van der Waals surface area contributed by atoms with E-state index in [-0.39, 0.29) is 0 Å². The van der Waals surface area contributed by atoms with E-state index >= 15 is 0 Å². The number of nitrogens with zero attached hydrogens (tertiary/aromatic N) is 2. The summed E-state index contributed by atoms with van der Waals surface area (Å²) in [5, 5.41) is 14.8. The molecule has 0 unspecified atom stereocenters. The number of benzene rings is 12. The van der Waals surface area contributed by atoms with Gasteiger partial charge in [-0.2, -0.15) is 0 Å². The maximum atomic E-state index is 6.04. The van der Waals surface area contributed by atoms with Crippen LogP contribution in [0, 0.1) is 0 Å². The third-order valence-electron chi connectivity index (χ3n) is 16.5. The molecule has 0 fully saturated rings. The summed E-state index contributed by atoms with van der Waals surface area (Å²) in [4.78, 5) is 12.1. The first-order chi connectivity index (χ1) is 35.2. The fourth-order valence-corrected chi connectivity index (χ4v) is 13.0. The molecule has 1 aromatic heterocycles. The second-order valence-corrected chi connectivity index (χ2v) is 21.2. The zero-order valence-electron chi connectivity index (χ0n) is 40.7. The molecule has 338 valence electrons. The highest BCUT2D eigenvalue weighted by Crippen LogP contribution is 2.59. The molecule has 0 saturated heterocycles. The van der Waals surface area contributed by atoms with E-state index in [0.29, 0.717) is 0 Å². The van der Waals surface area contributed by atoms with E-state index in [1.807, 2.05) is 0 Å². The minimum absolute atomic E-state index is 0.489. The van der Waals surface area contributed by atoms with E-state index in [4.69, 9.17) is 9.97 Å². The lowest BCUT2D eigenvalue weighted by atomic mass is 9.80. The minimum atomic E-state index is -0.489. The third-order valence-corrected chi connectivity index (χ3v) is 16.5. The standard InChI is InChI=1S/C70H48N2/c1-69(2)59-39-47(61-51-29-13-7-21-43(51)35-44-22-8-14-30-52(44)61)37-57(55-33-17-25-41-19-5-11-27-49(41)55)63(59)65-67(69)71-66-64-58(56-34-18-26-42-20-6-12-28-50(42)56)38-48(40-60(64)70(3,4)68(66)72-65)62-53-31-15-9-23-45(53)36-46-24-10-16-32-54(46)62/h5-40H,1-4H3. The molecule has 0 aliphatic heterocycles. The van der Waals surface area contributed by atoms with Gasteiger partial charge in [0.15, 0.2) is 0 Å². The molecular weight excluding hydrogens is 869 g/mol. The van der Waals surface area contributed by atoms with Gasteiger partial charge in [-0.15, -0.1) is 0 Å². The first-order valence-corrected chi connectivity index (χ1v) is 25.3. The molecule has 2 aliphatic carbocycles. The van der Waals surface area contributed by atoms with Crippen molar-refractivity contribution in [2.45, 2.75) is 38.5 Å². The Morgan fingerprint density at radius 1 is 0.264 bits per heavy atom. The van der Waals surface area contributed by atoms with E-state index in [1.54, 1.807) is 0 Å². The lowest BCUT2D eigenvalue weighted by Gasteiger charge is -2.23. The highest BCUT2D eigenvalue weighted by molar-refractivity contribution is 6.16. The maximum Gasteiger partial charge on any atom is 0.0940 e. The zero-order chi connectivity index (χ0) is 48.0. The van der Waals surface area contributed by atoms with Gasteiger partial charge < -0.3 is 0 Å². The molecule has 2 nitrogen and oxygen atoms in total. The number of hydrogen-bond donors (Lipinski definition) is 0. The Kier molecular flexibility index (Phi) is 8.51. The Morgan fingerprint density at radius 3 is 0.931 bits per heavy atom. The van der Waals surface area contributed by atoms with Crippen LogP contribution in [-0.2, 0) is 10.8 Å². The van der Waals surface area contributed by atoms with Crippen LogP contribution in [0.2, 0.25) is 0 Å². The van der Waals surface area contributed by atoms with E-state index in [0.717, 1.165) is 22.8 Å². The van der Waals surface area contributed by atoms with Gasteiger partial charge in [0.2, 0.25) is 0 Å². The van der Waals surface area contributed by atoms with E-state index in [2.05, 4.69) is 246 Å². The smallest absolute Gasteiger partial charge is 0.0940 e. The van der Waals surface area contributed by atoms with Crippen LogP contribution in [0.3, 0.4) is 0 Å². The molecular formula is C70H48N2. The van der Waals surface area contributed by atoms with Crippen molar-refractivity contribution in [3.63, 3.8) is 0 Å². The number of fused-ring (bicyclic) bond motifs is 12. The van der Waals surface area contributed by atoms with Crippen molar-refractivity contribution in [1.29, 1.82) is 0 Å². The molecule has 0 saturated carbocycles. The van der Waals surface area contributed by atoms with Crippen molar-refractivity contribution >= 4 is 64.6 Å². The van der Waals surface area contributed by atoms with Gasteiger partial charge in [0, 0.05) is 22.0 Å². The van der Waals surface area contributed by atoms with Gasteiger partial charge in [0.25, 0.3) is 0 Å². The topological polar surface area (TPSA) is 25.8 Å². The van der Waals surface area contributed by atoms with Crippen LogP contribution in [0.4, 0.5) is 0 Å². The van der Waals surface area contributed by atoms with Crippen LogP contribution in [0.5, 0.6) is 0 Å². The average molecular weight is 917 g/mol. The summed E-state index contributed by atoms with van der Waals surface area (Å²) in [7, 11) is 0. The summed E-state index contributed by atoms with van der Waals surface area (Å²) in [6, 6.07) is 81.2. The number of rotatable bonds is 4. The lowest BCUT2D eigenvalue weighted by molar-refractivity contribution is 0.617. The average Bonchev–Trinajstić information content (AvgIpc) is 3.78. The molecule has 72 heavy (non-hydrogen) atoms. The van der Waals surface area contributed by atoms with E-state index in [1.165, 1.54) is 131 Å². The quantitative estimate of drug-likeness (QED) is 0.164. The predicted octanol–water partition coefficient (Wildman–Crippen LogP) is 18.7. The highest BCUT2D eigenvalue weighted by Gasteiger charge is 2.47. The summed E-state index contributed by atoms with van der Waals surface area (Å²) in [6.45, 7) is 9.49. The van der Waals surface area contributed by atoms with E-state index in [9.17, 15) is 0 Å². The summed E-state index contributed by atoms with van der Waals surface area (Å²) in [5.41, 5.74) is 17.6. The van der Waals surface area contributed by atoms with Crippen molar-refractivity contribution in [2.75, 3.05) is 0 Å². The van der Waals surface area contributed by atoms with Crippen LogP contribution in [-0.4, -0.2) is 9.97 Å². The summed E-state index contributed by atoms with van der Waals surface area (Å²) in [6.07, 6.45) is 0. The van der Waals surface area contributed by atoms with Gasteiger partial charge >= 0.3 is 0 Å². The summed E-state index contributed by atoms with van der Waals surface area (Å²) >= 11 is 0. The molecule has 0 N–H and O–H groups in total. The normalized spacial score (nSPS) is 14.1. The van der Waals surface area contributed by atoms with Gasteiger partial charge in [0.05, 0.1) is 22.8 Å². The Hall–Kier alpha value is -8.72. The predicted molar refractivity (Wildman–Crippen MR) is 304 cm³/mol. The van der Waals surface area contributed by atoms with Crippen molar-refractivity contribution in [1.82, 2.24) is 9.97 Å². The van der Waals surface area contributed by atoms with Crippen LogP contribution in [0.1, 0.15) is 50.2 Å². The van der Waals surface area contributed by atoms with Crippen molar-refractivity contribution < 1.29 is 0 Å². The second-order valence-electron chi connectivity index (χ2n) is 21.2. The lowest BCUT2D eigenvalue weighted by Crippen LogP contribution is -2.20. The SMILES string of the molecule is CC1(C)c2cc(-c3c4ccccc4cc4ccccc34)cc(-c3cccc4ccccc34)c2-c2nc3c(nc21)-c1c(-c2cccc4ccccc24)cc(-c2c4ccccc4cc4ccccc24)cc1C3(C)C. The number of aromatic nitrogens is 2. The Bertz CT molecular complexity index is 4110. The molecule has 2 heteroatoms. The second kappa shape index (κ2) is 14.9. The maximum absolute atomic E-state index is 6.04. The molecule has 0 spiro atoms. The Labute approximate surface area is 418 Å². The van der Waals surface area contributed by atoms with E-state index < -0.39 is 10.8 Å². The first-order valence-electron chi connectivity index (χ1n) is 25.3. The van der Waals surface area contributed by atoms with Crippen LogP contribution in [0.15, 0.2) is 218 Å². The van der Waals surface area contributed by atoms with Gasteiger partial charge in [-0.25, -0.2) is 9.97 Å². The van der Waals surface area contributed by atoms with Crippen LogP contribution >= 0.6 is 0 Å². The third kappa shape index (κ3) is 5.72. The van der Waals surface area contributed by atoms with Crippen molar-refractivity contribution in [3.8, 4) is 67.0 Å². The molecule has 15 rings (SSSR count). The Balaban J connectivity index is 1.03. The fourth-order valence-electron chi connectivity index (χ4n) is 13.0. The Morgan fingerprint density at radius 2 is 0.569 bits per heavy atom. The first kappa shape index (κ1) is 41.1. The van der Waals surface area contributed by atoms with Gasteiger partial charge in [-0.05, 0) is 157 Å². The summed E-state index contributed by atoms with van der Waals surface area (Å²) < 4.78 is 0. The molecule has 1 heterocycles. The molecule has 2 aliphatic rings. The zero-order valence-corrected chi connectivity index (χ0v) is 40.7.